The zero-order chi connectivity index (χ0) is 17.2. The maximum absolute atomic E-state index is 11.7. The highest BCUT2D eigenvalue weighted by atomic mass is 32.2. The van der Waals surface area contributed by atoms with E-state index < -0.39 is 5.79 Å². The van der Waals surface area contributed by atoms with Crippen LogP contribution in [0.5, 0.6) is 0 Å². The second-order valence-corrected chi connectivity index (χ2v) is 7.39. The first kappa shape index (κ1) is 17.5. The first-order valence-electron chi connectivity index (χ1n) is 8.05. The van der Waals surface area contributed by atoms with E-state index in [-0.39, 0.29) is 11.7 Å². The van der Waals surface area contributed by atoms with Gasteiger partial charge < -0.3 is 24.8 Å². The normalized spacial score (nSPS) is 21.4. The van der Waals surface area contributed by atoms with E-state index in [2.05, 4.69) is 26.5 Å². The SMILES string of the molecule is CSCC(CNCc1c[nH]c2c(=O)[nH]cnc12)C1COC(C)(C)O1. The summed E-state index contributed by atoms with van der Waals surface area (Å²) in [5.74, 6) is 0.870. The third-order valence-electron chi connectivity index (χ3n) is 4.21. The van der Waals surface area contributed by atoms with E-state index in [0.29, 0.717) is 30.1 Å². The van der Waals surface area contributed by atoms with Crippen molar-refractivity contribution in [2.24, 2.45) is 5.92 Å². The van der Waals surface area contributed by atoms with Crippen LogP contribution in [0.4, 0.5) is 0 Å². The molecule has 24 heavy (non-hydrogen) atoms. The minimum atomic E-state index is -0.497. The molecule has 7 nitrogen and oxygen atoms in total. The summed E-state index contributed by atoms with van der Waals surface area (Å²) in [5, 5.41) is 3.47. The standard InChI is InChI=1S/C16H24N4O3S/c1-16(2)22-7-12(23-16)11(8-24-3)5-17-4-10-6-18-14-13(10)19-9-20-15(14)21/h6,9,11-12,17-18H,4-5,7-8H2,1-3H3,(H,19,20,21). The zero-order valence-electron chi connectivity index (χ0n) is 14.2. The van der Waals surface area contributed by atoms with Gasteiger partial charge in [-0.25, -0.2) is 4.98 Å². The van der Waals surface area contributed by atoms with Gasteiger partial charge in [0.05, 0.1) is 24.6 Å². The number of rotatable bonds is 7. The second kappa shape index (κ2) is 7.26. The summed E-state index contributed by atoms with van der Waals surface area (Å²) in [4.78, 5) is 21.5. The Labute approximate surface area is 144 Å². The van der Waals surface area contributed by atoms with E-state index in [0.717, 1.165) is 17.9 Å². The molecule has 0 aromatic carbocycles. The molecule has 2 unspecified atom stereocenters. The summed E-state index contributed by atoms with van der Waals surface area (Å²) < 4.78 is 11.7. The first-order valence-corrected chi connectivity index (χ1v) is 9.44. The fourth-order valence-corrected chi connectivity index (χ4v) is 3.75. The van der Waals surface area contributed by atoms with Gasteiger partial charge in [0.15, 0.2) is 5.79 Å². The Bertz CT molecular complexity index is 742. The third kappa shape index (κ3) is 3.83. The fourth-order valence-electron chi connectivity index (χ4n) is 2.99. The lowest BCUT2D eigenvalue weighted by Crippen LogP contribution is -2.35. The number of fused-ring (bicyclic) bond motifs is 1. The highest BCUT2D eigenvalue weighted by molar-refractivity contribution is 7.98. The molecule has 8 heteroatoms. The Morgan fingerprint density at radius 1 is 1.50 bits per heavy atom. The van der Waals surface area contributed by atoms with E-state index in [4.69, 9.17) is 9.47 Å². The van der Waals surface area contributed by atoms with Gasteiger partial charge >= 0.3 is 0 Å². The maximum atomic E-state index is 11.7. The van der Waals surface area contributed by atoms with Crippen LogP contribution >= 0.6 is 11.8 Å². The van der Waals surface area contributed by atoms with Gasteiger partial charge in [0.2, 0.25) is 0 Å². The van der Waals surface area contributed by atoms with Gasteiger partial charge in [-0.15, -0.1) is 0 Å². The summed E-state index contributed by atoms with van der Waals surface area (Å²) in [6.07, 6.45) is 5.47. The minimum Gasteiger partial charge on any atom is -0.355 e. The lowest BCUT2D eigenvalue weighted by Gasteiger charge is -2.24. The van der Waals surface area contributed by atoms with Gasteiger partial charge in [-0.3, -0.25) is 4.79 Å². The topological polar surface area (TPSA) is 92.0 Å². The number of H-pyrrole nitrogens is 2. The largest absolute Gasteiger partial charge is 0.355 e. The molecule has 1 aliphatic rings. The zero-order valence-corrected chi connectivity index (χ0v) is 15.0. The number of thioether (sulfide) groups is 1. The van der Waals surface area contributed by atoms with Crippen LogP contribution < -0.4 is 10.9 Å². The smallest absolute Gasteiger partial charge is 0.275 e. The molecule has 0 radical (unpaired) electrons. The van der Waals surface area contributed by atoms with E-state index in [9.17, 15) is 4.79 Å². The predicted octanol–water partition coefficient (Wildman–Crippen LogP) is 1.47. The Kier molecular flexibility index (Phi) is 5.29. The van der Waals surface area contributed by atoms with Gasteiger partial charge in [0.1, 0.15) is 5.52 Å². The van der Waals surface area contributed by atoms with E-state index in [1.807, 2.05) is 31.8 Å². The molecule has 0 amide bonds. The molecule has 3 heterocycles. The molecule has 2 atom stereocenters. The number of ether oxygens (including phenoxy) is 2. The Morgan fingerprint density at radius 3 is 3.04 bits per heavy atom. The molecule has 1 saturated heterocycles. The second-order valence-electron chi connectivity index (χ2n) is 6.48. The van der Waals surface area contributed by atoms with Gasteiger partial charge in [-0.1, -0.05) is 0 Å². The Balaban J connectivity index is 1.61. The molecule has 0 saturated carbocycles. The van der Waals surface area contributed by atoms with Gasteiger partial charge in [0.25, 0.3) is 5.56 Å². The van der Waals surface area contributed by atoms with Gasteiger partial charge in [-0.05, 0) is 25.9 Å². The van der Waals surface area contributed by atoms with Crippen molar-refractivity contribution in [1.29, 1.82) is 0 Å². The highest BCUT2D eigenvalue weighted by Gasteiger charge is 2.36. The van der Waals surface area contributed by atoms with Crippen LogP contribution in [-0.2, 0) is 16.0 Å². The fraction of sp³-hybridized carbons (Fsp3) is 0.625. The van der Waals surface area contributed by atoms with E-state index in [1.165, 1.54) is 6.33 Å². The molecular formula is C16H24N4O3S. The summed E-state index contributed by atoms with van der Waals surface area (Å²) in [5.41, 5.74) is 2.08. The van der Waals surface area contributed by atoms with E-state index >= 15 is 0 Å². The Hall–Kier alpha value is -1.35. The van der Waals surface area contributed by atoms with Gasteiger partial charge in [-0.2, -0.15) is 11.8 Å². The molecule has 3 rings (SSSR count). The number of hydrogen-bond donors (Lipinski definition) is 3. The number of hydrogen-bond acceptors (Lipinski definition) is 6. The van der Waals surface area contributed by atoms with Crippen LogP contribution in [0.1, 0.15) is 19.4 Å². The van der Waals surface area contributed by atoms with Gasteiger partial charge in [0, 0.05) is 30.8 Å². The number of aromatic amines is 2. The lowest BCUT2D eigenvalue weighted by atomic mass is 10.1. The van der Waals surface area contributed by atoms with Crippen molar-refractivity contribution in [3.63, 3.8) is 0 Å². The van der Waals surface area contributed by atoms with Crippen LogP contribution in [0.3, 0.4) is 0 Å². The highest BCUT2D eigenvalue weighted by Crippen LogP contribution is 2.28. The van der Waals surface area contributed by atoms with Crippen LogP contribution in [0.15, 0.2) is 17.3 Å². The first-order chi connectivity index (χ1) is 11.5. The molecule has 132 valence electrons. The van der Waals surface area contributed by atoms with Crippen molar-refractivity contribution in [2.75, 3.05) is 25.2 Å². The van der Waals surface area contributed by atoms with Crippen molar-refractivity contribution in [3.05, 3.63) is 28.4 Å². The molecule has 2 aromatic heterocycles. The summed E-state index contributed by atoms with van der Waals surface area (Å²) >= 11 is 1.81. The molecule has 2 aromatic rings. The summed E-state index contributed by atoms with van der Waals surface area (Å²) in [7, 11) is 0. The molecule has 3 N–H and O–H groups in total. The van der Waals surface area contributed by atoms with Crippen molar-refractivity contribution >= 4 is 22.8 Å². The molecule has 0 spiro atoms. The van der Waals surface area contributed by atoms with Crippen LogP contribution in [0.2, 0.25) is 0 Å². The lowest BCUT2D eigenvalue weighted by molar-refractivity contribution is -0.143. The average Bonchev–Trinajstić information content (AvgIpc) is 3.11. The molecule has 0 aliphatic carbocycles. The number of nitrogens with one attached hydrogen (secondary N) is 3. The Morgan fingerprint density at radius 2 is 2.33 bits per heavy atom. The maximum Gasteiger partial charge on any atom is 0.275 e. The third-order valence-corrected chi connectivity index (χ3v) is 4.97. The van der Waals surface area contributed by atoms with Crippen molar-refractivity contribution in [1.82, 2.24) is 20.3 Å². The number of aromatic nitrogens is 3. The van der Waals surface area contributed by atoms with Crippen LogP contribution in [0, 0.1) is 5.92 Å². The van der Waals surface area contributed by atoms with Crippen molar-refractivity contribution in [2.45, 2.75) is 32.3 Å². The van der Waals surface area contributed by atoms with Crippen LogP contribution in [-0.4, -0.2) is 52.0 Å². The molecule has 0 bridgehead atoms. The van der Waals surface area contributed by atoms with Crippen LogP contribution in [0.25, 0.3) is 11.0 Å². The van der Waals surface area contributed by atoms with E-state index in [1.54, 1.807) is 0 Å². The monoisotopic (exact) mass is 352 g/mol. The minimum absolute atomic E-state index is 0.101. The quantitative estimate of drug-likeness (QED) is 0.699. The number of nitrogens with zero attached hydrogens (tertiary/aromatic N) is 1. The predicted molar refractivity (Wildman–Crippen MR) is 95.2 cm³/mol. The summed E-state index contributed by atoms with van der Waals surface area (Å²) in [6, 6.07) is 0. The molecule has 1 aliphatic heterocycles. The average molecular weight is 352 g/mol. The molecular weight excluding hydrogens is 328 g/mol. The van der Waals surface area contributed by atoms with Crippen molar-refractivity contribution in [3.8, 4) is 0 Å². The summed E-state index contributed by atoms with van der Waals surface area (Å²) in [6.45, 7) is 6.00. The molecule has 1 fully saturated rings. The van der Waals surface area contributed by atoms with Crippen molar-refractivity contribution < 1.29 is 9.47 Å².